The molecule has 7 nitrogen and oxygen atoms in total. The molecule has 2 aromatic rings. The fraction of sp³-hybridized carbons (Fsp3) is 0.318. The molecule has 0 spiro atoms. The lowest BCUT2D eigenvalue weighted by Gasteiger charge is -2.35. The Labute approximate surface area is 169 Å². The average molecular weight is 395 g/mol. The fourth-order valence-electron chi connectivity index (χ4n) is 3.22. The van der Waals surface area contributed by atoms with Gasteiger partial charge in [0.1, 0.15) is 11.5 Å². The van der Waals surface area contributed by atoms with Crippen molar-refractivity contribution in [2.24, 2.45) is 4.99 Å². The lowest BCUT2D eigenvalue weighted by Crippen LogP contribution is -2.53. The number of hydroxylamine groups is 2. The maximum Gasteiger partial charge on any atom is 0.315 e. The van der Waals surface area contributed by atoms with E-state index < -0.39 is 23.1 Å². The van der Waals surface area contributed by atoms with Gasteiger partial charge >= 0.3 is 11.9 Å². The number of ether oxygens (including phenoxy) is 2. The Morgan fingerprint density at radius 1 is 0.862 bits per heavy atom. The predicted octanol–water partition coefficient (Wildman–Crippen LogP) is 3.57. The average Bonchev–Trinajstić information content (AvgIpc) is 2.83. The van der Waals surface area contributed by atoms with Gasteiger partial charge in [-0.2, -0.15) is 0 Å². The second kappa shape index (κ2) is 8.14. The van der Waals surface area contributed by atoms with E-state index in [9.17, 15) is 14.8 Å². The van der Waals surface area contributed by atoms with Crippen LogP contribution in [-0.4, -0.2) is 33.9 Å². The Morgan fingerprint density at radius 2 is 1.28 bits per heavy atom. The summed E-state index contributed by atoms with van der Waals surface area (Å²) < 4.78 is 10.7. The summed E-state index contributed by atoms with van der Waals surface area (Å²) >= 11 is 0. The molecule has 1 radical (unpaired) electrons. The van der Waals surface area contributed by atoms with Crippen molar-refractivity contribution in [3.05, 3.63) is 60.7 Å². The molecule has 0 saturated carbocycles. The molecule has 0 aromatic heterocycles. The van der Waals surface area contributed by atoms with Gasteiger partial charge < -0.3 is 9.47 Å². The van der Waals surface area contributed by atoms with Crippen molar-refractivity contribution in [1.29, 1.82) is 0 Å². The molecule has 0 unspecified atom stereocenters. The van der Waals surface area contributed by atoms with Gasteiger partial charge in [0, 0.05) is 5.71 Å². The Hall–Kier alpha value is -3.03. The van der Waals surface area contributed by atoms with Crippen molar-refractivity contribution < 1.29 is 24.3 Å². The third-order valence-corrected chi connectivity index (χ3v) is 4.95. The van der Waals surface area contributed by atoms with Gasteiger partial charge in [-0.15, -0.1) is 10.3 Å². The van der Waals surface area contributed by atoms with Crippen LogP contribution in [0.5, 0.6) is 11.5 Å². The molecule has 151 valence electrons. The van der Waals surface area contributed by atoms with E-state index in [1.807, 2.05) is 0 Å². The number of nitrogens with zero attached hydrogens (tertiary/aromatic N) is 2. The number of carbonyl (C=O) groups excluding carboxylic acids is 2. The molecule has 0 saturated heterocycles. The van der Waals surface area contributed by atoms with Gasteiger partial charge in [0.05, 0.1) is 18.4 Å². The van der Waals surface area contributed by atoms with Crippen molar-refractivity contribution in [3.63, 3.8) is 0 Å². The van der Waals surface area contributed by atoms with E-state index in [0.717, 1.165) is 0 Å². The minimum absolute atomic E-state index is 0.356. The zero-order chi connectivity index (χ0) is 21.1. The second-order valence-electron chi connectivity index (χ2n) is 7.46. The van der Waals surface area contributed by atoms with E-state index >= 15 is 0 Å². The smallest absolute Gasteiger partial charge is 0.315 e. The van der Waals surface area contributed by atoms with Crippen LogP contribution in [0.15, 0.2) is 65.7 Å². The lowest BCUT2D eigenvalue weighted by atomic mass is 9.97. The van der Waals surface area contributed by atoms with Crippen LogP contribution in [0.3, 0.4) is 0 Å². The molecule has 7 heteroatoms. The number of para-hydroxylation sites is 2. The number of rotatable bonds is 6. The first-order valence-electron chi connectivity index (χ1n) is 9.29. The monoisotopic (exact) mass is 395 g/mol. The zero-order valence-corrected chi connectivity index (χ0v) is 16.6. The van der Waals surface area contributed by atoms with Crippen molar-refractivity contribution in [1.82, 2.24) is 5.06 Å². The quantitative estimate of drug-likeness (QED) is 0.551. The molecule has 0 N–H and O–H groups in total. The van der Waals surface area contributed by atoms with Crippen LogP contribution in [0.4, 0.5) is 0 Å². The summed E-state index contributed by atoms with van der Waals surface area (Å²) in [5.41, 5.74) is -2.04. The summed E-state index contributed by atoms with van der Waals surface area (Å²) in [6, 6.07) is 17.1. The first kappa shape index (κ1) is 20.7. The number of esters is 2. The van der Waals surface area contributed by atoms with Gasteiger partial charge in [-0.1, -0.05) is 36.4 Å². The highest BCUT2D eigenvalue weighted by Gasteiger charge is 2.55. The summed E-state index contributed by atoms with van der Waals surface area (Å²) in [6.07, 6.45) is -0.758. The highest BCUT2D eigenvalue weighted by molar-refractivity contribution is 5.94. The van der Waals surface area contributed by atoms with Crippen LogP contribution >= 0.6 is 0 Å². The molecule has 29 heavy (non-hydrogen) atoms. The Balaban J connectivity index is 1.81. The Kier molecular flexibility index (Phi) is 5.81. The Bertz CT molecular complexity index is 854. The number of hydrogen-bond donors (Lipinski definition) is 0. The third kappa shape index (κ3) is 4.52. The van der Waals surface area contributed by atoms with Gasteiger partial charge in [0.15, 0.2) is 5.66 Å². The molecule has 1 aliphatic heterocycles. The van der Waals surface area contributed by atoms with Crippen LogP contribution in [0.25, 0.3) is 0 Å². The maximum atomic E-state index is 13.1. The van der Waals surface area contributed by atoms with Crippen molar-refractivity contribution in [3.8, 4) is 11.5 Å². The molecule has 0 amide bonds. The first-order chi connectivity index (χ1) is 13.7. The molecule has 2 aromatic carbocycles. The Morgan fingerprint density at radius 3 is 1.62 bits per heavy atom. The van der Waals surface area contributed by atoms with Gasteiger partial charge in [0.2, 0.25) is 0 Å². The third-order valence-electron chi connectivity index (χ3n) is 4.95. The predicted molar refractivity (Wildman–Crippen MR) is 106 cm³/mol. The van der Waals surface area contributed by atoms with Crippen LogP contribution in [0.1, 0.15) is 33.6 Å². The van der Waals surface area contributed by atoms with E-state index in [1.165, 1.54) is 0 Å². The maximum absolute atomic E-state index is 13.1. The highest BCUT2D eigenvalue weighted by Crippen LogP contribution is 2.39. The summed E-state index contributed by atoms with van der Waals surface area (Å²) in [5.74, 6) is -0.595. The first-order valence-corrected chi connectivity index (χ1v) is 9.29. The lowest BCUT2D eigenvalue weighted by molar-refractivity contribution is -0.254. The van der Waals surface area contributed by atoms with Crippen molar-refractivity contribution in [2.45, 2.75) is 44.8 Å². The number of benzene rings is 2. The van der Waals surface area contributed by atoms with Crippen LogP contribution < -0.4 is 9.47 Å². The van der Waals surface area contributed by atoms with Gasteiger partial charge in [0.25, 0.3) is 0 Å². The minimum atomic E-state index is -1.62. The van der Waals surface area contributed by atoms with E-state index in [4.69, 9.17) is 9.47 Å². The normalized spacial score (nSPS) is 17.4. The minimum Gasteiger partial charge on any atom is -0.426 e. The molecule has 3 rings (SSSR count). The molecular weight excluding hydrogens is 372 g/mol. The molecular formula is C22H23N2O5. The molecule has 0 bridgehead atoms. The van der Waals surface area contributed by atoms with Gasteiger partial charge in [-0.25, -0.2) is 0 Å². The number of aliphatic imine (C=N–C) groups is 1. The SMILES string of the molecule is CC1=NC(CC(=O)Oc2ccccc2)(CC(=O)Oc2ccccc2)N([O])C1(C)C. The van der Waals surface area contributed by atoms with Crippen LogP contribution in [0.2, 0.25) is 0 Å². The van der Waals surface area contributed by atoms with E-state index in [2.05, 4.69) is 4.99 Å². The van der Waals surface area contributed by atoms with E-state index in [0.29, 0.717) is 22.3 Å². The van der Waals surface area contributed by atoms with E-state index in [-0.39, 0.29) is 12.8 Å². The van der Waals surface area contributed by atoms with E-state index in [1.54, 1.807) is 81.4 Å². The summed E-state index contributed by atoms with van der Waals surface area (Å²) in [5, 5.41) is 13.8. The molecule has 1 heterocycles. The van der Waals surface area contributed by atoms with Crippen molar-refractivity contribution in [2.75, 3.05) is 0 Å². The molecule has 0 atom stereocenters. The molecule has 1 aliphatic rings. The zero-order valence-electron chi connectivity index (χ0n) is 16.6. The molecule has 0 fully saturated rings. The topological polar surface area (TPSA) is 88.1 Å². The standard InChI is InChI=1S/C22H23N2O5/c1-16-21(2,3)24(27)22(23-16,14-19(25)28-17-10-6-4-7-11-17)15-20(26)29-18-12-8-5-9-13-18/h4-13H,14-15H2,1-3H3. The molecule has 0 aliphatic carbocycles. The summed E-state index contributed by atoms with van der Waals surface area (Å²) in [6.45, 7) is 5.11. The summed E-state index contributed by atoms with van der Waals surface area (Å²) in [4.78, 5) is 29.6. The van der Waals surface area contributed by atoms with Crippen molar-refractivity contribution >= 4 is 17.7 Å². The largest absolute Gasteiger partial charge is 0.426 e. The van der Waals surface area contributed by atoms with Crippen LogP contribution in [-0.2, 0) is 14.8 Å². The van der Waals surface area contributed by atoms with Crippen LogP contribution in [0, 0.1) is 0 Å². The van der Waals surface area contributed by atoms with Gasteiger partial charge in [-0.3, -0.25) is 14.6 Å². The highest BCUT2D eigenvalue weighted by atomic mass is 16.5. The second-order valence-corrected chi connectivity index (χ2v) is 7.46. The van der Waals surface area contributed by atoms with Gasteiger partial charge in [-0.05, 0) is 45.0 Å². The number of hydrogen-bond acceptors (Lipinski definition) is 6. The summed E-state index contributed by atoms with van der Waals surface area (Å²) in [7, 11) is 0. The fourth-order valence-corrected chi connectivity index (χ4v) is 3.22. The number of carbonyl (C=O) groups is 2.